The minimum absolute atomic E-state index is 0.531. The first kappa shape index (κ1) is 10.3. The number of piperazine rings is 1. The van der Waals surface area contributed by atoms with Crippen LogP contribution in [0.4, 0.5) is 8.78 Å². The molecule has 0 saturated carbocycles. The van der Waals surface area contributed by atoms with Crippen molar-refractivity contribution in [2.45, 2.75) is 5.92 Å². The van der Waals surface area contributed by atoms with Crippen LogP contribution in [0.1, 0.15) is 0 Å². The fourth-order valence-corrected chi connectivity index (χ4v) is 1.23. The molecule has 13 heavy (non-hydrogen) atoms. The number of hydrogen-bond acceptors (Lipinski definition) is 3. The SMILES string of the molecule is NC(=O)C(F)(F)CN1CCNCC1. The number of halogens is 2. The van der Waals surface area contributed by atoms with E-state index in [1.165, 1.54) is 4.90 Å². The number of nitrogens with zero attached hydrogens (tertiary/aromatic N) is 1. The summed E-state index contributed by atoms with van der Waals surface area (Å²) in [6.07, 6.45) is 0. The Labute approximate surface area is 75.1 Å². The first-order valence-corrected chi connectivity index (χ1v) is 4.13. The maximum Gasteiger partial charge on any atom is 0.336 e. The van der Waals surface area contributed by atoms with Crippen molar-refractivity contribution in [1.29, 1.82) is 0 Å². The van der Waals surface area contributed by atoms with Crippen molar-refractivity contribution in [3.8, 4) is 0 Å². The van der Waals surface area contributed by atoms with Gasteiger partial charge in [0.2, 0.25) is 0 Å². The van der Waals surface area contributed by atoms with Crippen molar-refractivity contribution in [2.75, 3.05) is 32.7 Å². The second-order valence-corrected chi connectivity index (χ2v) is 3.09. The molecule has 0 aromatic carbocycles. The first-order chi connectivity index (χ1) is 6.02. The van der Waals surface area contributed by atoms with Gasteiger partial charge in [0.25, 0.3) is 5.91 Å². The van der Waals surface area contributed by atoms with Gasteiger partial charge in [0.05, 0.1) is 6.54 Å². The molecule has 1 rings (SSSR count). The molecular weight excluding hydrogens is 180 g/mol. The van der Waals surface area contributed by atoms with Crippen LogP contribution in [0.5, 0.6) is 0 Å². The van der Waals surface area contributed by atoms with Crippen molar-refractivity contribution in [3.63, 3.8) is 0 Å². The molecule has 4 nitrogen and oxygen atoms in total. The highest BCUT2D eigenvalue weighted by atomic mass is 19.3. The molecule has 76 valence electrons. The second-order valence-electron chi connectivity index (χ2n) is 3.09. The maximum atomic E-state index is 12.8. The summed E-state index contributed by atoms with van der Waals surface area (Å²) in [7, 11) is 0. The molecule has 1 fully saturated rings. The zero-order valence-corrected chi connectivity index (χ0v) is 7.22. The van der Waals surface area contributed by atoms with Crippen LogP contribution >= 0.6 is 0 Å². The Bertz CT molecular complexity index is 192. The largest absolute Gasteiger partial charge is 0.364 e. The molecule has 6 heteroatoms. The van der Waals surface area contributed by atoms with E-state index < -0.39 is 18.4 Å². The lowest BCUT2D eigenvalue weighted by Gasteiger charge is -2.29. The summed E-state index contributed by atoms with van der Waals surface area (Å²) < 4.78 is 25.6. The molecule has 0 atom stereocenters. The smallest absolute Gasteiger partial charge is 0.336 e. The maximum absolute atomic E-state index is 12.8. The van der Waals surface area contributed by atoms with Gasteiger partial charge in [-0.25, -0.2) is 0 Å². The van der Waals surface area contributed by atoms with Gasteiger partial charge in [-0.15, -0.1) is 0 Å². The van der Waals surface area contributed by atoms with Crippen LogP contribution in [0.3, 0.4) is 0 Å². The van der Waals surface area contributed by atoms with E-state index in [0.717, 1.165) is 0 Å². The number of nitrogens with two attached hydrogens (primary N) is 1. The summed E-state index contributed by atoms with van der Waals surface area (Å²) in [5.41, 5.74) is 4.56. The Morgan fingerprint density at radius 2 is 2.00 bits per heavy atom. The third kappa shape index (κ3) is 2.89. The van der Waals surface area contributed by atoms with Crippen LogP contribution in [0.15, 0.2) is 0 Å². The Balaban J connectivity index is 2.41. The lowest BCUT2D eigenvalue weighted by atomic mass is 10.2. The van der Waals surface area contributed by atoms with E-state index in [0.29, 0.717) is 26.2 Å². The van der Waals surface area contributed by atoms with Crippen LogP contribution in [0.25, 0.3) is 0 Å². The highest BCUT2D eigenvalue weighted by Crippen LogP contribution is 2.14. The third-order valence-electron chi connectivity index (χ3n) is 1.99. The Morgan fingerprint density at radius 1 is 1.46 bits per heavy atom. The predicted molar refractivity (Wildman–Crippen MR) is 43.5 cm³/mol. The van der Waals surface area contributed by atoms with Gasteiger partial charge in [-0.2, -0.15) is 8.78 Å². The number of primary amides is 1. The minimum Gasteiger partial charge on any atom is -0.364 e. The van der Waals surface area contributed by atoms with Gasteiger partial charge in [-0.3, -0.25) is 9.69 Å². The first-order valence-electron chi connectivity index (χ1n) is 4.13. The van der Waals surface area contributed by atoms with Crippen LogP contribution in [-0.4, -0.2) is 49.5 Å². The molecular formula is C7H13F2N3O. The van der Waals surface area contributed by atoms with Crippen LogP contribution < -0.4 is 11.1 Å². The van der Waals surface area contributed by atoms with Gasteiger partial charge in [0, 0.05) is 26.2 Å². The number of carbonyl (C=O) groups is 1. The van der Waals surface area contributed by atoms with E-state index in [1.54, 1.807) is 0 Å². The Hall–Kier alpha value is -0.750. The normalized spacial score (nSPS) is 20.2. The summed E-state index contributed by atoms with van der Waals surface area (Å²) in [5, 5.41) is 3.03. The number of amides is 1. The molecule has 1 aliphatic rings. The molecule has 0 spiro atoms. The highest BCUT2D eigenvalue weighted by Gasteiger charge is 2.38. The number of alkyl halides is 2. The molecule has 1 aliphatic heterocycles. The minimum atomic E-state index is -3.41. The van der Waals surface area contributed by atoms with E-state index in [2.05, 4.69) is 11.1 Å². The number of nitrogens with one attached hydrogen (secondary N) is 1. The van der Waals surface area contributed by atoms with Gasteiger partial charge < -0.3 is 11.1 Å². The molecule has 0 bridgehead atoms. The molecule has 0 unspecified atom stereocenters. The van der Waals surface area contributed by atoms with Crippen molar-refractivity contribution in [1.82, 2.24) is 10.2 Å². The predicted octanol–water partition coefficient (Wildman–Crippen LogP) is -0.988. The van der Waals surface area contributed by atoms with Crippen molar-refractivity contribution in [2.24, 2.45) is 5.73 Å². The lowest BCUT2D eigenvalue weighted by Crippen LogP contribution is -2.51. The molecule has 1 heterocycles. The van der Waals surface area contributed by atoms with Crippen molar-refractivity contribution < 1.29 is 13.6 Å². The third-order valence-corrected chi connectivity index (χ3v) is 1.99. The van der Waals surface area contributed by atoms with Gasteiger partial charge in [0.1, 0.15) is 0 Å². The van der Waals surface area contributed by atoms with Gasteiger partial charge >= 0.3 is 5.92 Å². The standard InChI is InChI=1S/C7H13F2N3O/c8-7(9,6(10)13)5-12-3-1-11-2-4-12/h11H,1-5H2,(H2,10,13). The summed E-state index contributed by atoms with van der Waals surface area (Å²) >= 11 is 0. The Kier molecular flexibility index (Phi) is 3.16. The molecule has 0 aromatic rings. The van der Waals surface area contributed by atoms with Crippen molar-refractivity contribution >= 4 is 5.91 Å². The molecule has 0 aromatic heterocycles. The fourth-order valence-electron chi connectivity index (χ4n) is 1.23. The number of hydrogen-bond donors (Lipinski definition) is 2. The van der Waals surface area contributed by atoms with Gasteiger partial charge in [0.15, 0.2) is 0 Å². The van der Waals surface area contributed by atoms with Crippen LogP contribution in [0, 0.1) is 0 Å². The van der Waals surface area contributed by atoms with E-state index >= 15 is 0 Å². The average Bonchev–Trinajstić information content (AvgIpc) is 2.05. The second kappa shape index (κ2) is 3.97. The van der Waals surface area contributed by atoms with E-state index in [9.17, 15) is 13.6 Å². The van der Waals surface area contributed by atoms with Gasteiger partial charge in [-0.1, -0.05) is 0 Å². The number of carbonyl (C=O) groups excluding carboxylic acids is 1. The lowest BCUT2D eigenvalue weighted by molar-refractivity contribution is -0.144. The molecule has 3 N–H and O–H groups in total. The van der Waals surface area contributed by atoms with E-state index in [4.69, 9.17) is 0 Å². The fraction of sp³-hybridized carbons (Fsp3) is 0.857. The average molecular weight is 193 g/mol. The van der Waals surface area contributed by atoms with E-state index in [-0.39, 0.29) is 0 Å². The summed E-state index contributed by atoms with van der Waals surface area (Å²) in [5.74, 6) is -4.96. The van der Waals surface area contributed by atoms with Crippen molar-refractivity contribution in [3.05, 3.63) is 0 Å². The zero-order valence-electron chi connectivity index (χ0n) is 7.22. The van der Waals surface area contributed by atoms with E-state index in [1.807, 2.05) is 0 Å². The highest BCUT2D eigenvalue weighted by molar-refractivity contribution is 5.81. The van der Waals surface area contributed by atoms with Gasteiger partial charge in [-0.05, 0) is 0 Å². The molecule has 0 aliphatic carbocycles. The zero-order chi connectivity index (χ0) is 9.90. The molecule has 1 amide bonds. The summed E-state index contributed by atoms with van der Waals surface area (Å²) in [6.45, 7) is 1.85. The monoisotopic (exact) mass is 193 g/mol. The molecule has 1 saturated heterocycles. The quantitative estimate of drug-likeness (QED) is 0.605. The molecule has 0 radical (unpaired) electrons. The van der Waals surface area contributed by atoms with Crippen LogP contribution in [-0.2, 0) is 4.79 Å². The summed E-state index contributed by atoms with van der Waals surface area (Å²) in [4.78, 5) is 11.9. The van der Waals surface area contributed by atoms with Crippen LogP contribution in [0.2, 0.25) is 0 Å². The number of rotatable bonds is 3. The topological polar surface area (TPSA) is 58.4 Å². The Morgan fingerprint density at radius 3 is 2.46 bits per heavy atom. The summed E-state index contributed by atoms with van der Waals surface area (Å²) in [6, 6.07) is 0.